The van der Waals surface area contributed by atoms with E-state index < -0.39 is 0 Å². The zero-order valence-corrected chi connectivity index (χ0v) is 9.51. The summed E-state index contributed by atoms with van der Waals surface area (Å²) in [5.41, 5.74) is 6.02. The SMILES string of the molecule is N#Cc1c(N)cc(=O)[nH]c1N1CCSCC1. The molecular weight excluding hydrogens is 224 g/mol. The van der Waals surface area contributed by atoms with Crippen molar-refractivity contribution in [1.82, 2.24) is 4.98 Å². The summed E-state index contributed by atoms with van der Waals surface area (Å²) >= 11 is 1.87. The van der Waals surface area contributed by atoms with Gasteiger partial charge in [0.1, 0.15) is 17.5 Å². The summed E-state index contributed by atoms with van der Waals surface area (Å²) in [5.74, 6) is 2.57. The standard InChI is InChI=1S/C10H12N4OS/c11-6-7-8(12)5-9(15)13-10(7)14-1-3-16-4-2-14/h5H,1-4H2,(H3,12,13,15). The number of hydrogen-bond acceptors (Lipinski definition) is 5. The van der Waals surface area contributed by atoms with Gasteiger partial charge in [0.2, 0.25) is 0 Å². The third kappa shape index (κ3) is 1.99. The predicted molar refractivity (Wildman–Crippen MR) is 65.7 cm³/mol. The van der Waals surface area contributed by atoms with Gasteiger partial charge in [0.15, 0.2) is 0 Å². The highest BCUT2D eigenvalue weighted by molar-refractivity contribution is 7.99. The average molecular weight is 236 g/mol. The maximum absolute atomic E-state index is 11.3. The van der Waals surface area contributed by atoms with Crippen LogP contribution < -0.4 is 16.2 Å². The second kappa shape index (κ2) is 4.49. The molecule has 3 N–H and O–H groups in total. The monoisotopic (exact) mass is 236 g/mol. The minimum Gasteiger partial charge on any atom is -0.397 e. The van der Waals surface area contributed by atoms with Crippen LogP contribution in [0.25, 0.3) is 0 Å². The number of anilines is 2. The fourth-order valence-corrected chi connectivity index (χ4v) is 2.61. The highest BCUT2D eigenvalue weighted by Gasteiger charge is 2.17. The number of nitriles is 1. The Labute approximate surface area is 97.2 Å². The molecule has 1 aromatic heterocycles. The minimum atomic E-state index is -0.260. The number of H-pyrrole nitrogens is 1. The van der Waals surface area contributed by atoms with E-state index in [1.807, 2.05) is 22.7 Å². The number of aromatic nitrogens is 1. The molecule has 0 spiro atoms. The van der Waals surface area contributed by atoms with Gasteiger partial charge in [0, 0.05) is 30.7 Å². The zero-order chi connectivity index (χ0) is 11.5. The lowest BCUT2D eigenvalue weighted by Crippen LogP contribution is -2.35. The Hall–Kier alpha value is -1.61. The van der Waals surface area contributed by atoms with Gasteiger partial charge < -0.3 is 15.6 Å². The van der Waals surface area contributed by atoms with Gasteiger partial charge in [-0.15, -0.1) is 0 Å². The Morgan fingerprint density at radius 2 is 2.19 bits per heavy atom. The van der Waals surface area contributed by atoms with Crippen molar-refractivity contribution < 1.29 is 0 Å². The number of nitrogens with two attached hydrogens (primary N) is 1. The minimum absolute atomic E-state index is 0.250. The number of pyridine rings is 1. The van der Waals surface area contributed by atoms with Crippen LogP contribution in [0.5, 0.6) is 0 Å². The highest BCUT2D eigenvalue weighted by atomic mass is 32.2. The maximum Gasteiger partial charge on any atom is 0.251 e. The average Bonchev–Trinajstić information content (AvgIpc) is 2.29. The molecule has 1 aromatic rings. The molecule has 84 valence electrons. The zero-order valence-electron chi connectivity index (χ0n) is 8.69. The molecular formula is C10H12N4OS. The number of nitrogen functional groups attached to an aromatic ring is 1. The number of rotatable bonds is 1. The molecule has 2 rings (SSSR count). The van der Waals surface area contributed by atoms with Crippen LogP contribution >= 0.6 is 11.8 Å². The van der Waals surface area contributed by atoms with Crippen LogP contribution in [-0.4, -0.2) is 29.6 Å². The molecule has 6 heteroatoms. The topological polar surface area (TPSA) is 85.9 Å². The van der Waals surface area contributed by atoms with Gasteiger partial charge in [-0.3, -0.25) is 4.79 Å². The largest absolute Gasteiger partial charge is 0.397 e. The molecule has 1 aliphatic rings. The molecule has 1 saturated heterocycles. The third-order valence-corrected chi connectivity index (χ3v) is 3.44. The van der Waals surface area contributed by atoms with Gasteiger partial charge in [-0.2, -0.15) is 17.0 Å². The first kappa shape index (κ1) is 10.9. The Bertz CT molecular complexity index is 485. The Balaban J connectivity index is 2.46. The second-order valence-corrected chi connectivity index (χ2v) is 4.75. The number of nitrogens with zero attached hydrogens (tertiary/aromatic N) is 2. The molecule has 1 aliphatic heterocycles. The first-order valence-corrected chi connectivity index (χ1v) is 6.13. The lowest BCUT2D eigenvalue weighted by Gasteiger charge is -2.28. The van der Waals surface area contributed by atoms with E-state index in [0.29, 0.717) is 11.4 Å². The molecule has 0 aliphatic carbocycles. The van der Waals surface area contributed by atoms with E-state index in [0.717, 1.165) is 24.6 Å². The lowest BCUT2D eigenvalue weighted by molar-refractivity contribution is 0.834. The molecule has 16 heavy (non-hydrogen) atoms. The second-order valence-electron chi connectivity index (χ2n) is 3.52. The first-order valence-electron chi connectivity index (χ1n) is 4.98. The van der Waals surface area contributed by atoms with Crippen LogP contribution in [0.15, 0.2) is 10.9 Å². The van der Waals surface area contributed by atoms with Crippen LogP contribution in [0.2, 0.25) is 0 Å². The van der Waals surface area contributed by atoms with Crippen LogP contribution in [-0.2, 0) is 0 Å². The van der Waals surface area contributed by atoms with E-state index in [1.54, 1.807) is 0 Å². The maximum atomic E-state index is 11.3. The van der Waals surface area contributed by atoms with Crippen LogP contribution in [0.1, 0.15) is 5.56 Å². The van der Waals surface area contributed by atoms with Crippen molar-refractivity contribution in [2.75, 3.05) is 35.2 Å². The van der Waals surface area contributed by atoms with Gasteiger partial charge in [-0.25, -0.2) is 0 Å². The fraction of sp³-hybridized carbons (Fsp3) is 0.400. The van der Waals surface area contributed by atoms with Gasteiger partial charge >= 0.3 is 0 Å². The number of hydrogen-bond donors (Lipinski definition) is 2. The molecule has 0 atom stereocenters. The molecule has 5 nitrogen and oxygen atoms in total. The molecule has 0 saturated carbocycles. The summed E-state index contributed by atoms with van der Waals surface area (Å²) in [5, 5.41) is 9.04. The van der Waals surface area contributed by atoms with E-state index in [4.69, 9.17) is 11.0 Å². The van der Waals surface area contributed by atoms with Gasteiger partial charge in [-0.1, -0.05) is 0 Å². The van der Waals surface area contributed by atoms with Crippen LogP contribution in [0.3, 0.4) is 0 Å². The van der Waals surface area contributed by atoms with Crippen LogP contribution in [0.4, 0.5) is 11.5 Å². The predicted octanol–water partition coefficient (Wildman–Crippen LogP) is 0.382. The number of nitrogens with one attached hydrogen (secondary N) is 1. The van der Waals surface area contributed by atoms with E-state index in [-0.39, 0.29) is 11.2 Å². The van der Waals surface area contributed by atoms with Crippen molar-refractivity contribution in [2.45, 2.75) is 0 Å². The van der Waals surface area contributed by atoms with Crippen LogP contribution in [0, 0.1) is 11.3 Å². The van der Waals surface area contributed by atoms with Crippen molar-refractivity contribution >= 4 is 23.3 Å². The van der Waals surface area contributed by atoms with Gasteiger partial charge in [-0.05, 0) is 0 Å². The van der Waals surface area contributed by atoms with E-state index in [9.17, 15) is 4.79 Å². The van der Waals surface area contributed by atoms with Gasteiger partial charge in [0.25, 0.3) is 5.56 Å². The van der Waals surface area contributed by atoms with E-state index >= 15 is 0 Å². The number of aromatic amines is 1. The van der Waals surface area contributed by atoms with E-state index in [1.165, 1.54) is 6.07 Å². The fourth-order valence-electron chi connectivity index (χ4n) is 1.71. The van der Waals surface area contributed by atoms with Crippen molar-refractivity contribution in [3.8, 4) is 6.07 Å². The van der Waals surface area contributed by atoms with Crippen molar-refractivity contribution in [3.05, 3.63) is 22.0 Å². The third-order valence-electron chi connectivity index (χ3n) is 2.49. The summed E-state index contributed by atoms with van der Waals surface area (Å²) in [6, 6.07) is 3.30. The molecule has 0 radical (unpaired) electrons. The molecule has 1 fully saturated rings. The summed E-state index contributed by atoms with van der Waals surface area (Å²) in [6.07, 6.45) is 0. The Morgan fingerprint density at radius 1 is 1.50 bits per heavy atom. The molecule has 0 amide bonds. The number of thioether (sulfide) groups is 1. The highest BCUT2D eigenvalue weighted by Crippen LogP contribution is 2.23. The normalized spacial score (nSPS) is 15.8. The first-order chi connectivity index (χ1) is 7.72. The Kier molecular flexibility index (Phi) is 3.06. The van der Waals surface area contributed by atoms with Crippen molar-refractivity contribution in [3.63, 3.8) is 0 Å². The summed E-state index contributed by atoms with van der Waals surface area (Å²) in [4.78, 5) is 16.0. The van der Waals surface area contributed by atoms with Crippen molar-refractivity contribution in [2.24, 2.45) is 0 Å². The van der Waals surface area contributed by atoms with E-state index in [2.05, 4.69) is 4.98 Å². The lowest BCUT2D eigenvalue weighted by atomic mass is 10.2. The molecule has 0 aromatic carbocycles. The summed E-state index contributed by atoms with van der Waals surface area (Å²) in [6.45, 7) is 1.66. The molecule has 0 bridgehead atoms. The smallest absolute Gasteiger partial charge is 0.251 e. The quantitative estimate of drug-likeness (QED) is 0.736. The van der Waals surface area contributed by atoms with Crippen molar-refractivity contribution in [1.29, 1.82) is 5.26 Å². The summed E-state index contributed by atoms with van der Waals surface area (Å²) < 4.78 is 0. The molecule has 0 unspecified atom stereocenters. The van der Waals surface area contributed by atoms with Gasteiger partial charge in [0.05, 0.1) is 5.69 Å². The molecule has 2 heterocycles. The summed E-state index contributed by atoms with van der Waals surface area (Å²) in [7, 11) is 0. The Morgan fingerprint density at radius 3 is 2.81 bits per heavy atom.